The maximum absolute atomic E-state index is 13.9. The van der Waals surface area contributed by atoms with E-state index in [2.05, 4.69) is 0 Å². The van der Waals surface area contributed by atoms with Crippen LogP contribution in [0.3, 0.4) is 0 Å². The van der Waals surface area contributed by atoms with Crippen molar-refractivity contribution < 1.29 is 22.4 Å². The van der Waals surface area contributed by atoms with Crippen molar-refractivity contribution >= 4 is 5.91 Å². The molecule has 1 fully saturated rings. The molecule has 1 aromatic heterocycles. The van der Waals surface area contributed by atoms with Crippen molar-refractivity contribution in [3.8, 4) is 0 Å². The lowest BCUT2D eigenvalue weighted by Gasteiger charge is -2.23. The van der Waals surface area contributed by atoms with Crippen molar-refractivity contribution in [2.45, 2.75) is 38.1 Å². The fourth-order valence-corrected chi connectivity index (χ4v) is 2.68. The Labute approximate surface area is 146 Å². The number of pyridine rings is 1. The summed E-state index contributed by atoms with van der Waals surface area (Å²) in [5, 5.41) is 0. The van der Waals surface area contributed by atoms with Gasteiger partial charge in [0, 0.05) is 30.4 Å². The molecule has 1 aliphatic carbocycles. The van der Waals surface area contributed by atoms with Gasteiger partial charge in [0.15, 0.2) is 0 Å². The van der Waals surface area contributed by atoms with E-state index >= 15 is 0 Å². The number of aromatic nitrogens is 1. The molecule has 0 radical (unpaired) electrons. The minimum absolute atomic E-state index is 0.0177. The molecule has 8 heteroatoms. The summed E-state index contributed by atoms with van der Waals surface area (Å²) in [6.07, 6.45) is -2.48. The molecule has 1 amide bonds. The van der Waals surface area contributed by atoms with Gasteiger partial charge in [-0.3, -0.25) is 9.59 Å². The molecule has 3 rings (SSSR count). The lowest BCUT2D eigenvalue weighted by atomic mass is 10.2. The normalized spacial score (nSPS) is 14.3. The highest BCUT2D eigenvalue weighted by Crippen LogP contribution is 2.30. The Balaban J connectivity index is 1.81. The van der Waals surface area contributed by atoms with Gasteiger partial charge in [0.1, 0.15) is 12.4 Å². The van der Waals surface area contributed by atoms with E-state index in [1.165, 1.54) is 17.0 Å². The molecule has 0 unspecified atom stereocenters. The molecule has 1 heterocycles. The molecule has 1 aliphatic rings. The van der Waals surface area contributed by atoms with Crippen LogP contribution >= 0.6 is 0 Å². The first-order valence-corrected chi connectivity index (χ1v) is 8.06. The molecule has 1 aromatic carbocycles. The number of amides is 1. The molecule has 0 spiro atoms. The maximum atomic E-state index is 13.9. The smallest absolute Gasteiger partial charge is 0.334 e. The molecule has 0 atom stereocenters. The summed E-state index contributed by atoms with van der Waals surface area (Å²) in [4.78, 5) is 25.8. The Bertz CT molecular complexity index is 872. The molecular formula is C18H16F4N2O2. The maximum Gasteiger partial charge on any atom is 0.417 e. The largest absolute Gasteiger partial charge is 0.417 e. The highest BCUT2D eigenvalue weighted by Gasteiger charge is 2.34. The van der Waals surface area contributed by atoms with Gasteiger partial charge in [0.2, 0.25) is 5.91 Å². The number of alkyl halides is 3. The molecule has 0 aliphatic heterocycles. The third-order valence-corrected chi connectivity index (χ3v) is 4.22. The predicted octanol–water partition coefficient (Wildman–Crippen LogP) is 3.20. The van der Waals surface area contributed by atoms with Gasteiger partial charge < -0.3 is 9.47 Å². The van der Waals surface area contributed by atoms with Crippen LogP contribution in [0.15, 0.2) is 47.4 Å². The van der Waals surface area contributed by atoms with E-state index in [0.29, 0.717) is 17.8 Å². The van der Waals surface area contributed by atoms with Gasteiger partial charge in [-0.1, -0.05) is 18.2 Å². The summed E-state index contributed by atoms with van der Waals surface area (Å²) >= 11 is 0. The van der Waals surface area contributed by atoms with E-state index in [1.54, 1.807) is 12.1 Å². The van der Waals surface area contributed by atoms with Crippen LogP contribution in [0.1, 0.15) is 24.0 Å². The average Bonchev–Trinajstić information content (AvgIpc) is 3.39. The first kappa shape index (κ1) is 18.2. The van der Waals surface area contributed by atoms with Crippen LogP contribution in [0.5, 0.6) is 0 Å². The Morgan fingerprint density at radius 2 is 1.85 bits per heavy atom. The highest BCUT2D eigenvalue weighted by atomic mass is 19.4. The topological polar surface area (TPSA) is 42.3 Å². The molecular weight excluding hydrogens is 352 g/mol. The monoisotopic (exact) mass is 368 g/mol. The van der Waals surface area contributed by atoms with Crippen molar-refractivity contribution in [2.75, 3.05) is 0 Å². The van der Waals surface area contributed by atoms with Gasteiger partial charge >= 0.3 is 6.18 Å². The summed E-state index contributed by atoms with van der Waals surface area (Å²) in [6.45, 7) is -0.502. The van der Waals surface area contributed by atoms with Crippen molar-refractivity contribution in [1.82, 2.24) is 9.47 Å². The first-order chi connectivity index (χ1) is 12.3. The molecule has 1 saturated carbocycles. The van der Waals surface area contributed by atoms with E-state index in [4.69, 9.17) is 0 Å². The van der Waals surface area contributed by atoms with Gasteiger partial charge in [-0.25, -0.2) is 4.39 Å². The van der Waals surface area contributed by atoms with Crippen molar-refractivity contribution in [2.24, 2.45) is 0 Å². The van der Waals surface area contributed by atoms with Crippen molar-refractivity contribution in [3.05, 3.63) is 69.9 Å². The number of carbonyl (C=O) groups is 1. The van der Waals surface area contributed by atoms with Gasteiger partial charge in [0.05, 0.1) is 5.56 Å². The Morgan fingerprint density at radius 3 is 2.46 bits per heavy atom. The van der Waals surface area contributed by atoms with E-state index in [9.17, 15) is 27.2 Å². The molecule has 0 saturated heterocycles. The van der Waals surface area contributed by atoms with Gasteiger partial charge in [0.25, 0.3) is 5.56 Å². The summed E-state index contributed by atoms with van der Waals surface area (Å²) < 4.78 is 53.0. The predicted molar refractivity (Wildman–Crippen MR) is 85.7 cm³/mol. The average molecular weight is 368 g/mol. The molecule has 138 valence electrons. The van der Waals surface area contributed by atoms with Crippen LogP contribution in [0.25, 0.3) is 0 Å². The zero-order valence-electron chi connectivity index (χ0n) is 13.7. The number of hydrogen-bond acceptors (Lipinski definition) is 2. The Hall–Kier alpha value is -2.64. The van der Waals surface area contributed by atoms with Gasteiger partial charge in [-0.15, -0.1) is 0 Å². The molecule has 0 N–H and O–H groups in total. The third-order valence-electron chi connectivity index (χ3n) is 4.22. The summed E-state index contributed by atoms with van der Waals surface area (Å²) in [7, 11) is 0. The van der Waals surface area contributed by atoms with E-state index in [0.717, 1.165) is 23.5 Å². The number of halogens is 4. The minimum atomic E-state index is -4.61. The van der Waals surface area contributed by atoms with Crippen LogP contribution in [-0.4, -0.2) is 21.4 Å². The first-order valence-electron chi connectivity index (χ1n) is 8.06. The standard InChI is InChI=1S/C18H16F4N2O2/c19-15-4-2-1-3-12(15)9-24(14-6-7-14)17(26)11-23-10-13(18(20,21)22)5-8-16(23)25/h1-5,8,10,14H,6-7,9,11H2. The highest BCUT2D eigenvalue weighted by molar-refractivity contribution is 5.76. The summed E-state index contributed by atoms with van der Waals surface area (Å²) in [6, 6.07) is 7.39. The van der Waals surface area contributed by atoms with Crippen LogP contribution in [-0.2, 0) is 24.1 Å². The third kappa shape index (κ3) is 4.12. The van der Waals surface area contributed by atoms with E-state index in [1.807, 2.05) is 0 Å². The lowest BCUT2D eigenvalue weighted by molar-refractivity contribution is -0.139. The number of nitrogens with zero attached hydrogens (tertiary/aromatic N) is 2. The second-order valence-electron chi connectivity index (χ2n) is 6.23. The van der Waals surface area contributed by atoms with Crippen molar-refractivity contribution in [3.63, 3.8) is 0 Å². The lowest BCUT2D eigenvalue weighted by Crippen LogP contribution is -2.37. The second-order valence-corrected chi connectivity index (χ2v) is 6.23. The summed E-state index contributed by atoms with van der Waals surface area (Å²) in [5.41, 5.74) is -1.38. The number of hydrogen-bond donors (Lipinski definition) is 0. The van der Waals surface area contributed by atoms with E-state index in [-0.39, 0.29) is 12.6 Å². The van der Waals surface area contributed by atoms with E-state index < -0.39 is 35.6 Å². The molecule has 26 heavy (non-hydrogen) atoms. The van der Waals surface area contributed by atoms with Crippen molar-refractivity contribution in [1.29, 1.82) is 0 Å². The fraction of sp³-hybridized carbons (Fsp3) is 0.333. The van der Waals surface area contributed by atoms with Crippen LogP contribution in [0, 0.1) is 5.82 Å². The SMILES string of the molecule is O=C(Cn1cc(C(F)(F)F)ccc1=O)N(Cc1ccccc1F)C1CC1. The summed E-state index contributed by atoms with van der Waals surface area (Å²) in [5.74, 6) is -0.973. The van der Waals surface area contributed by atoms with Gasteiger partial charge in [-0.05, 0) is 25.0 Å². The number of rotatable bonds is 5. The Kier molecular flexibility index (Phi) is 4.84. The quantitative estimate of drug-likeness (QED) is 0.761. The molecule has 0 bridgehead atoms. The van der Waals surface area contributed by atoms with Crippen LogP contribution in [0.2, 0.25) is 0 Å². The van der Waals surface area contributed by atoms with Gasteiger partial charge in [-0.2, -0.15) is 13.2 Å². The molecule has 4 nitrogen and oxygen atoms in total. The zero-order valence-corrected chi connectivity index (χ0v) is 13.7. The zero-order chi connectivity index (χ0) is 18.9. The molecule has 2 aromatic rings. The van der Waals surface area contributed by atoms with Crippen LogP contribution in [0.4, 0.5) is 17.6 Å². The fourth-order valence-electron chi connectivity index (χ4n) is 2.68. The Morgan fingerprint density at radius 1 is 1.15 bits per heavy atom. The second kappa shape index (κ2) is 6.93. The number of carbonyl (C=O) groups excluding carboxylic acids is 1. The van der Waals surface area contributed by atoms with Crippen LogP contribution < -0.4 is 5.56 Å². The number of benzene rings is 1. The minimum Gasteiger partial charge on any atom is -0.334 e.